The van der Waals surface area contributed by atoms with Gasteiger partial charge in [-0.2, -0.15) is 4.98 Å². The maximum atomic E-state index is 10.8. The molecule has 2 heterocycles. The van der Waals surface area contributed by atoms with Gasteiger partial charge in [-0.15, -0.1) is 0 Å². The number of ketones is 1. The minimum Gasteiger partial charge on any atom is -0.338 e. The Labute approximate surface area is 85.4 Å². The van der Waals surface area contributed by atoms with Crippen LogP contribution < -0.4 is 0 Å². The van der Waals surface area contributed by atoms with Crippen LogP contribution in [0.1, 0.15) is 12.8 Å². The van der Waals surface area contributed by atoms with E-state index < -0.39 is 0 Å². The monoisotopic (exact) mass is 204 g/mol. The van der Waals surface area contributed by atoms with Gasteiger partial charge in [0.15, 0.2) is 0 Å². The number of aromatic nitrogens is 4. The Morgan fingerprint density at radius 3 is 3.07 bits per heavy atom. The summed E-state index contributed by atoms with van der Waals surface area (Å²) < 4.78 is 4.89. The van der Waals surface area contributed by atoms with Gasteiger partial charge in [0, 0.05) is 6.20 Å². The summed E-state index contributed by atoms with van der Waals surface area (Å²) >= 11 is 0. The number of carbonyl (C=O) groups excluding carboxylic acids is 1. The Kier molecular flexibility index (Phi) is 2.49. The molecule has 0 aliphatic carbocycles. The molecule has 0 saturated carbocycles. The van der Waals surface area contributed by atoms with E-state index in [4.69, 9.17) is 4.52 Å². The van der Waals surface area contributed by atoms with Gasteiger partial charge in [0.2, 0.25) is 11.7 Å². The molecule has 0 N–H and O–H groups in total. The van der Waals surface area contributed by atoms with Gasteiger partial charge in [0.1, 0.15) is 17.8 Å². The fourth-order valence-electron chi connectivity index (χ4n) is 1.07. The van der Waals surface area contributed by atoms with Crippen molar-refractivity contribution < 1.29 is 9.32 Å². The predicted octanol–water partition coefficient (Wildman–Crippen LogP) is 0.658. The summed E-state index contributed by atoms with van der Waals surface area (Å²) in [4.78, 5) is 22.6. The van der Waals surface area contributed by atoms with E-state index in [0.29, 0.717) is 17.4 Å². The Morgan fingerprint density at radius 1 is 1.53 bits per heavy atom. The number of rotatable bonds is 3. The van der Waals surface area contributed by atoms with E-state index in [-0.39, 0.29) is 12.2 Å². The van der Waals surface area contributed by atoms with E-state index in [1.54, 1.807) is 12.3 Å². The third-order valence-electron chi connectivity index (χ3n) is 1.68. The Balaban J connectivity index is 2.24. The van der Waals surface area contributed by atoms with Crippen molar-refractivity contribution in [1.82, 2.24) is 20.1 Å². The van der Waals surface area contributed by atoms with E-state index in [2.05, 4.69) is 20.1 Å². The fourth-order valence-corrected chi connectivity index (χ4v) is 1.07. The van der Waals surface area contributed by atoms with Crippen LogP contribution in [0.3, 0.4) is 0 Å². The average molecular weight is 204 g/mol. The second-order valence-electron chi connectivity index (χ2n) is 2.99. The molecule has 2 aromatic heterocycles. The predicted molar refractivity (Wildman–Crippen MR) is 49.7 cm³/mol. The lowest BCUT2D eigenvalue weighted by atomic mass is 10.3. The van der Waals surface area contributed by atoms with Crippen molar-refractivity contribution >= 4 is 5.78 Å². The van der Waals surface area contributed by atoms with E-state index in [9.17, 15) is 4.79 Å². The van der Waals surface area contributed by atoms with Crippen molar-refractivity contribution in [2.75, 3.05) is 0 Å². The van der Waals surface area contributed by atoms with E-state index in [1.165, 1.54) is 13.3 Å². The Bertz CT molecular complexity index is 466. The molecule has 0 aliphatic rings. The highest BCUT2D eigenvalue weighted by atomic mass is 16.5. The minimum absolute atomic E-state index is 0.0205. The van der Waals surface area contributed by atoms with Crippen LogP contribution in [0.15, 0.2) is 23.1 Å². The van der Waals surface area contributed by atoms with Crippen molar-refractivity contribution in [3.05, 3.63) is 24.5 Å². The van der Waals surface area contributed by atoms with Gasteiger partial charge < -0.3 is 4.52 Å². The summed E-state index contributed by atoms with van der Waals surface area (Å²) in [6, 6.07) is 1.67. The van der Waals surface area contributed by atoms with Crippen LogP contribution in [0.2, 0.25) is 0 Å². The normalized spacial score (nSPS) is 10.2. The molecule has 0 bridgehead atoms. The lowest BCUT2D eigenvalue weighted by molar-refractivity contribution is -0.116. The standard InChI is InChI=1S/C9H8N4O2/c1-6(14)4-8-12-9(13-15-8)7-2-3-10-5-11-7/h2-3,5H,4H2,1H3. The van der Waals surface area contributed by atoms with E-state index in [1.807, 2.05) is 0 Å². The van der Waals surface area contributed by atoms with Gasteiger partial charge in [-0.25, -0.2) is 9.97 Å². The highest BCUT2D eigenvalue weighted by Crippen LogP contribution is 2.11. The van der Waals surface area contributed by atoms with Gasteiger partial charge in [0.05, 0.1) is 6.42 Å². The Hall–Kier alpha value is -2.11. The lowest BCUT2D eigenvalue weighted by Crippen LogP contribution is -1.96. The van der Waals surface area contributed by atoms with E-state index >= 15 is 0 Å². The second kappa shape index (κ2) is 3.95. The topological polar surface area (TPSA) is 81.8 Å². The van der Waals surface area contributed by atoms with E-state index in [0.717, 1.165) is 0 Å². The summed E-state index contributed by atoms with van der Waals surface area (Å²) in [6.07, 6.45) is 3.14. The minimum atomic E-state index is -0.0205. The second-order valence-corrected chi connectivity index (χ2v) is 2.99. The van der Waals surface area contributed by atoms with Crippen LogP contribution in [-0.4, -0.2) is 25.9 Å². The van der Waals surface area contributed by atoms with Gasteiger partial charge in [-0.05, 0) is 13.0 Å². The van der Waals surface area contributed by atoms with Crippen molar-refractivity contribution in [3.63, 3.8) is 0 Å². The molecule has 0 amide bonds. The lowest BCUT2D eigenvalue weighted by Gasteiger charge is -1.88. The van der Waals surface area contributed by atoms with Gasteiger partial charge >= 0.3 is 0 Å². The van der Waals surface area contributed by atoms with Crippen LogP contribution in [-0.2, 0) is 11.2 Å². The molecule has 2 rings (SSSR count). The number of nitrogens with zero attached hydrogens (tertiary/aromatic N) is 4. The van der Waals surface area contributed by atoms with Gasteiger partial charge in [0.25, 0.3) is 0 Å². The molecule has 0 unspecified atom stereocenters. The largest absolute Gasteiger partial charge is 0.338 e. The average Bonchev–Trinajstić information content (AvgIpc) is 2.67. The number of Topliss-reactive ketones (excluding diaryl/α,β-unsaturated/α-hetero) is 1. The SMILES string of the molecule is CC(=O)Cc1nc(-c2ccncn2)no1. The first-order valence-corrected chi connectivity index (χ1v) is 4.34. The van der Waals surface area contributed by atoms with Crippen LogP contribution in [0.25, 0.3) is 11.5 Å². The van der Waals surface area contributed by atoms with Crippen LogP contribution in [0.5, 0.6) is 0 Å². The summed E-state index contributed by atoms with van der Waals surface area (Å²) in [5.74, 6) is 0.651. The van der Waals surface area contributed by atoms with Crippen molar-refractivity contribution in [1.29, 1.82) is 0 Å². The maximum absolute atomic E-state index is 10.8. The molecule has 0 fully saturated rings. The molecular formula is C9H8N4O2. The Morgan fingerprint density at radius 2 is 2.40 bits per heavy atom. The molecule has 0 radical (unpaired) electrons. The quantitative estimate of drug-likeness (QED) is 0.730. The molecule has 0 aromatic carbocycles. The zero-order valence-electron chi connectivity index (χ0n) is 8.04. The highest BCUT2D eigenvalue weighted by molar-refractivity contribution is 5.77. The summed E-state index contributed by atoms with van der Waals surface area (Å²) in [6.45, 7) is 1.47. The zero-order valence-corrected chi connectivity index (χ0v) is 8.04. The highest BCUT2D eigenvalue weighted by Gasteiger charge is 2.10. The van der Waals surface area contributed by atoms with Crippen LogP contribution in [0, 0.1) is 0 Å². The van der Waals surface area contributed by atoms with Gasteiger partial charge in [-0.3, -0.25) is 4.79 Å². The van der Waals surface area contributed by atoms with Crippen LogP contribution >= 0.6 is 0 Å². The number of hydrogen-bond donors (Lipinski definition) is 0. The zero-order chi connectivity index (χ0) is 10.7. The molecule has 0 atom stereocenters. The third kappa shape index (κ3) is 2.22. The number of hydrogen-bond acceptors (Lipinski definition) is 6. The smallest absolute Gasteiger partial charge is 0.234 e. The molecule has 76 valence electrons. The maximum Gasteiger partial charge on any atom is 0.234 e. The molecule has 15 heavy (non-hydrogen) atoms. The molecule has 2 aromatic rings. The molecule has 6 nitrogen and oxygen atoms in total. The molecule has 0 spiro atoms. The van der Waals surface area contributed by atoms with Crippen molar-refractivity contribution in [2.45, 2.75) is 13.3 Å². The first-order chi connectivity index (χ1) is 7.25. The summed E-state index contributed by atoms with van der Waals surface area (Å²) in [7, 11) is 0. The van der Waals surface area contributed by atoms with Gasteiger partial charge in [-0.1, -0.05) is 5.16 Å². The van der Waals surface area contributed by atoms with Crippen molar-refractivity contribution in [2.24, 2.45) is 0 Å². The first-order valence-electron chi connectivity index (χ1n) is 4.34. The molecule has 0 saturated heterocycles. The first kappa shape index (κ1) is 9.45. The summed E-state index contributed by atoms with van der Waals surface area (Å²) in [5.41, 5.74) is 0.573. The van der Waals surface area contributed by atoms with Crippen LogP contribution in [0.4, 0.5) is 0 Å². The third-order valence-corrected chi connectivity index (χ3v) is 1.68. The molecule has 6 heteroatoms. The fraction of sp³-hybridized carbons (Fsp3) is 0.222. The van der Waals surface area contributed by atoms with Crippen molar-refractivity contribution in [3.8, 4) is 11.5 Å². The molecule has 0 aliphatic heterocycles. The summed E-state index contributed by atoms with van der Waals surface area (Å²) in [5, 5.41) is 3.71. The number of carbonyl (C=O) groups is 1. The molecular weight excluding hydrogens is 196 g/mol.